The standard InChI is InChI=1S/C28H38N4O4S/c1-4-36-21-13-8-12-20(16-21)25(33)22-17-37-27(30-22)23-14-9-15-32(23)28(35)24(19-10-6-5-7-11-19)31-26(34)18(2)29-3/h8,12-13,16-19,23-24,29H,4-7,9-11,14-15H2,1-3H3,(H,31,34)/t18-,23-,24-/m0/s1. The molecule has 0 unspecified atom stereocenters. The Bertz CT molecular complexity index is 1100. The topological polar surface area (TPSA) is 101 Å². The largest absolute Gasteiger partial charge is 0.494 e. The lowest BCUT2D eigenvalue weighted by Gasteiger charge is -2.35. The minimum absolute atomic E-state index is 0.0291. The quantitative estimate of drug-likeness (QED) is 0.452. The Balaban J connectivity index is 1.52. The maximum Gasteiger partial charge on any atom is 0.246 e. The van der Waals surface area contributed by atoms with Gasteiger partial charge in [0.1, 0.15) is 22.5 Å². The number of aromatic nitrogens is 1. The molecule has 2 aliphatic rings. The highest BCUT2D eigenvalue weighted by molar-refractivity contribution is 7.10. The third-order valence-corrected chi connectivity index (χ3v) is 8.44. The Labute approximate surface area is 223 Å². The van der Waals surface area contributed by atoms with Crippen molar-refractivity contribution in [2.45, 2.75) is 76.9 Å². The van der Waals surface area contributed by atoms with Crippen molar-refractivity contribution >= 4 is 28.9 Å². The van der Waals surface area contributed by atoms with E-state index in [0.29, 0.717) is 30.2 Å². The summed E-state index contributed by atoms with van der Waals surface area (Å²) < 4.78 is 5.53. The second-order valence-corrected chi connectivity index (χ2v) is 10.8. The van der Waals surface area contributed by atoms with Gasteiger partial charge in [-0.2, -0.15) is 0 Å². The molecule has 0 radical (unpaired) electrons. The van der Waals surface area contributed by atoms with Crippen LogP contribution >= 0.6 is 11.3 Å². The molecule has 0 bridgehead atoms. The maximum atomic E-state index is 13.9. The SMILES string of the molecule is CCOc1cccc(C(=O)c2csc([C@@H]3CCCN3C(=O)[C@@H](NC(=O)[C@H](C)NC)C3CCCCC3)n2)c1. The van der Waals surface area contributed by atoms with Crippen LogP contribution in [-0.4, -0.2) is 59.8 Å². The highest BCUT2D eigenvalue weighted by Crippen LogP contribution is 2.36. The van der Waals surface area contributed by atoms with Crippen LogP contribution in [0.4, 0.5) is 0 Å². The van der Waals surface area contributed by atoms with Gasteiger partial charge in [0.05, 0.1) is 18.7 Å². The summed E-state index contributed by atoms with van der Waals surface area (Å²) in [6.07, 6.45) is 6.89. The third-order valence-electron chi connectivity index (χ3n) is 7.49. The van der Waals surface area contributed by atoms with Crippen molar-refractivity contribution in [3.05, 3.63) is 45.9 Å². The van der Waals surface area contributed by atoms with Gasteiger partial charge >= 0.3 is 0 Å². The second kappa shape index (κ2) is 12.6. The number of nitrogens with one attached hydrogen (secondary N) is 2. The summed E-state index contributed by atoms with van der Waals surface area (Å²) in [6.45, 7) is 4.86. The summed E-state index contributed by atoms with van der Waals surface area (Å²) >= 11 is 1.42. The van der Waals surface area contributed by atoms with Gasteiger partial charge in [0.15, 0.2) is 0 Å². The molecule has 4 rings (SSSR count). The normalized spacial score (nSPS) is 19.9. The van der Waals surface area contributed by atoms with Crippen molar-refractivity contribution in [2.75, 3.05) is 20.2 Å². The van der Waals surface area contributed by atoms with Crippen LogP contribution in [0.3, 0.4) is 0 Å². The van der Waals surface area contributed by atoms with Gasteiger partial charge in [0.2, 0.25) is 17.6 Å². The van der Waals surface area contributed by atoms with Gasteiger partial charge in [-0.3, -0.25) is 14.4 Å². The Morgan fingerprint density at radius 3 is 2.68 bits per heavy atom. The van der Waals surface area contributed by atoms with Gasteiger partial charge in [-0.05, 0) is 64.6 Å². The molecule has 2 heterocycles. The molecule has 1 aliphatic heterocycles. The Morgan fingerprint density at radius 1 is 1.16 bits per heavy atom. The molecular weight excluding hydrogens is 488 g/mol. The summed E-state index contributed by atoms with van der Waals surface area (Å²) in [7, 11) is 1.74. The zero-order valence-corrected chi connectivity index (χ0v) is 22.8. The fourth-order valence-corrected chi connectivity index (χ4v) is 6.26. The average Bonchev–Trinajstić information content (AvgIpc) is 3.61. The Kier molecular flexibility index (Phi) is 9.32. The van der Waals surface area contributed by atoms with Gasteiger partial charge in [0.25, 0.3) is 0 Å². The van der Waals surface area contributed by atoms with Crippen LogP contribution in [0, 0.1) is 5.92 Å². The molecule has 0 spiro atoms. The first kappa shape index (κ1) is 27.3. The average molecular weight is 527 g/mol. The van der Waals surface area contributed by atoms with Gasteiger partial charge in [-0.25, -0.2) is 4.98 Å². The number of likely N-dealkylation sites (tertiary alicyclic amines) is 1. The predicted octanol–water partition coefficient (Wildman–Crippen LogP) is 4.11. The first-order valence-electron chi connectivity index (χ1n) is 13.4. The number of rotatable bonds is 10. The molecule has 2 fully saturated rings. The molecule has 37 heavy (non-hydrogen) atoms. The monoisotopic (exact) mass is 526 g/mol. The van der Waals surface area contributed by atoms with E-state index in [1.54, 1.807) is 37.6 Å². The van der Waals surface area contributed by atoms with Crippen LogP contribution in [0.15, 0.2) is 29.6 Å². The smallest absolute Gasteiger partial charge is 0.246 e. The fraction of sp³-hybridized carbons (Fsp3) is 0.571. The number of benzene rings is 1. The first-order valence-corrected chi connectivity index (χ1v) is 14.3. The molecule has 1 aromatic carbocycles. The van der Waals surface area contributed by atoms with Crippen LogP contribution < -0.4 is 15.4 Å². The number of carbonyl (C=O) groups is 3. The summed E-state index contributed by atoms with van der Waals surface area (Å²) in [5, 5.41) is 8.59. The molecule has 3 atom stereocenters. The van der Waals surface area contributed by atoms with Crippen LogP contribution in [0.5, 0.6) is 5.75 Å². The summed E-state index contributed by atoms with van der Waals surface area (Å²) in [4.78, 5) is 46.4. The molecule has 2 N–H and O–H groups in total. The van der Waals surface area contributed by atoms with E-state index in [-0.39, 0.29) is 35.6 Å². The number of hydrogen-bond acceptors (Lipinski definition) is 7. The molecule has 1 aromatic heterocycles. The van der Waals surface area contributed by atoms with Crippen molar-refractivity contribution in [3.63, 3.8) is 0 Å². The Hall–Kier alpha value is -2.78. The van der Waals surface area contributed by atoms with E-state index in [4.69, 9.17) is 4.74 Å². The van der Waals surface area contributed by atoms with E-state index in [9.17, 15) is 14.4 Å². The third kappa shape index (κ3) is 6.38. The van der Waals surface area contributed by atoms with E-state index in [1.165, 1.54) is 17.8 Å². The minimum atomic E-state index is -0.536. The minimum Gasteiger partial charge on any atom is -0.494 e. The van der Waals surface area contributed by atoms with Crippen molar-refractivity contribution < 1.29 is 19.1 Å². The number of likely N-dealkylation sites (N-methyl/N-ethyl adjacent to an activating group) is 1. The van der Waals surface area contributed by atoms with E-state index in [2.05, 4.69) is 15.6 Å². The van der Waals surface area contributed by atoms with Gasteiger partial charge in [0, 0.05) is 17.5 Å². The molecule has 2 amide bonds. The van der Waals surface area contributed by atoms with Crippen molar-refractivity contribution in [1.29, 1.82) is 0 Å². The van der Waals surface area contributed by atoms with E-state index in [0.717, 1.165) is 43.5 Å². The van der Waals surface area contributed by atoms with Gasteiger partial charge < -0.3 is 20.3 Å². The van der Waals surface area contributed by atoms with E-state index in [1.807, 2.05) is 17.9 Å². The van der Waals surface area contributed by atoms with Crippen LogP contribution in [0.25, 0.3) is 0 Å². The lowest BCUT2D eigenvalue weighted by molar-refractivity contribution is -0.139. The number of carbonyl (C=O) groups excluding carboxylic acids is 3. The Morgan fingerprint density at radius 2 is 1.95 bits per heavy atom. The molecule has 1 aliphatic carbocycles. The number of thiazole rings is 1. The van der Waals surface area contributed by atoms with Gasteiger partial charge in [-0.1, -0.05) is 31.4 Å². The fourth-order valence-electron chi connectivity index (χ4n) is 5.31. The summed E-state index contributed by atoms with van der Waals surface area (Å²) in [5.74, 6) is 0.451. The molecule has 1 saturated heterocycles. The first-order chi connectivity index (χ1) is 17.9. The lowest BCUT2D eigenvalue weighted by atomic mass is 9.83. The highest BCUT2D eigenvalue weighted by atomic mass is 32.1. The number of ketones is 1. The summed E-state index contributed by atoms with van der Waals surface area (Å²) in [5.41, 5.74) is 0.911. The van der Waals surface area contributed by atoms with E-state index < -0.39 is 6.04 Å². The van der Waals surface area contributed by atoms with Crippen LogP contribution in [0.2, 0.25) is 0 Å². The van der Waals surface area contributed by atoms with Gasteiger partial charge in [-0.15, -0.1) is 11.3 Å². The molecule has 2 aromatic rings. The van der Waals surface area contributed by atoms with Crippen molar-refractivity contribution in [1.82, 2.24) is 20.5 Å². The van der Waals surface area contributed by atoms with Crippen LogP contribution in [0.1, 0.15) is 85.9 Å². The highest BCUT2D eigenvalue weighted by Gasteiger charge is 2.40. The number of ether oxygens (including phenoxy) is 1. The van der Waals surface area contributed by atoms with Crippen molar-refractivity contribution in [2.24, 2.45) is 5.92 Å². The molecule has 200 valence electrons. The maximum absolute atomic E-state index is 13.9. The van der Waals surface area contributed by atoms with Crippen LogP contribution in [-0.2, 0) is 9.59 Å². The number of amides is 2. The summed E-state index contributed by atoms with van der Waals surface area (Å²) in [6, 6.07) is 6.04. The molecule has 8 nitrogen and oxygen atoms in total. The van der Waals surface area contributed by atoms with Crippen molar-refractivity contribution in [3.8, 4) is 5.75 Å². The second-order valence-electron chi connectivity index (χ2n) is 9.95. The predicted molar refractivity (Wildman–Crippen MR) is 144 cm³/mol. The molecule has 9 heteroatoms. The number of hydrogen-bond donors (Lipinski definition) is 2. The zero-order valence-electron chi connectivity index (χ0n) is 22.0. The number of nitrogens with zero attached hydrogens (tertiary/aromatic N) is 2. The zero-order chi connectivity index (χ0) is 26.4. The lowest BCUT2D eigenvalue weighted by Crippen LogP contribution is -2.55. The molecular formula is C28H38N4O4S. The van der Waals surface area contributed by atoms with E-state index >= 15 is 0 Å². The molecule has 1 saturated carbocycles.